The largest absolute Gasteiger partial charge is 0.339 e. The highest BCUT2D eigenvalue weighted by atomic mass is 127. The Balaban J connectivity index is 2.09. The van der Waals surface area contributed by atoms with Gasteiger partial charge in [0.15, 0.2) is 11.6 Å². The molecule has 192 valence electrons. The summed E-state index contributed by atoms with van der Waals surface area (Å²) >= 11 is 1.94. The minimum Gasteiger partial charge on any atom is -0.339 e. The fourth-order valence-electron chi connectivity index (χ4n) is 3.19. The molecular formula is C21H21F2IN6O5S. The van der Waals surface area contributed by atoms with E-state index >= 15 is 4.39 Å². The van der Waals surface area contributed by atoms with Crippen LogP contribution in [0.4, 0.5) is 26.1 Å². The Morgan fingerprint density at radius 2 is 1.92 bits per heavy atom. The summed E-state index contributed by atoms with van der Waals surface area (Å²) in [5.41, 5.74) is 1.42. The third kappa shape index (κ3) is 6.15. The Morgan fingerprint density at radius 3 is 2.56 bits per heavy atom. The standard InChI is InChI=1S/C21H21F2IN6O5S/c1-25-36(33,34)29-18-17(23)11(6-7-26-18)8-12-9-14(20(31)28-35-3)19(30(2)21(12)32)27-16-5-4-13(24)10-15(16)22/h4-7,9-10,25,27H,8H2,1-3H3,(H,26,29)(H,28,31). The lowest BCUT2D eigenvalue weighted by molar-refractivity contribution is 0.0538. The van der Waals surface area contributed by atoms with Gasteiger partial charge in [0.25, 0.3) is 21.7 Å². The molecule has 0 radical (unpaired) electrons. The van der Waals surface area contributed by atoms with Crippen molar-refractivity contribution in [3.8, 4) is 0 Å². The number of pyridine rings is 2. The van der Waals surface area contributed by atoms with Gasteiger partial charge in [-0.25, -0.2) is 24.0 Å². The van der Waals surface area contributed by atoms with Crippen LogP contribution in [0.3, 0.4) is 0 Å². The van der Waals surface area contributed by atoms with Crippen LogP contribution in [0.1, 0.15) is 21.5 Å². The van der Waals surface area contributed by atoms with E-state index in [1.165, 1.54) is 44.6 Å². The summed E-state index contributed by atoms with van der Waals surface area (Å²) in [7, 11) is -0.329. The van der Waals surface area contributed by atoms with E-state index in [2.05, 4.69) is 15.8 Å². The summed E-state index contributed by atoms with van der Waals surface area (Å²) in [6.45, 7) is 0. The fourth-order valence-corrected chi connectivity index (χ4v) is 4.15. The van der Waals surface area contributed by atoms with Gasteiger partial charge in [0.2, 0.25) is 0 Å². The maximum Gasteiger partial charge on any atom is 0.300 e. The molecule has 0 aliphatic heterocycles. The number of halogens is 3. The molecule has 0 atom stereocenters. The second kappa shape index (κ2) is 11.3. The molecule has 36 heavy (non-hydrogen) atoms. The molecule has 3 rings (SSSR count). The van der Waals surface area contributed by atoms with Crippen molar-refractivity contribution in [1.29, 1.82) is 0 Å². The number of hydrogen-bond donors (Lipinski definition) is 4. The van der Waals surface area contributed by atoms with Crippen LogP contribution in [0.5, 0.6) is 0 Å². The highest BCUT2D eigenvalue weighted by molar-refractivity contribution is 14.1. The number of nitrogens with zero attached hydrogens (tertiary/aromatic N) is 2. The van der Waals surface area contributed by atoms with Gasteiger partial charge in [-0.15, -0.1) is 0 Å². The molecule has 0 aliphatic rings. The van der Waals surface area contributed by atoms with Gasteiger partial charge < -0.3 is 5.32 Å². The van der Waals surface area contributed by atoms with Crippen LogP contribution >= 0.6 is 22.6 Å². The third-order valence-corrected chi connectivity index (χ3v) is 6.63. The van der Waals surface area contributed by atoms with E-state index in [4.69, 9.17) is 4.84 Å². The van der Waals surface area contributed by atoms with Gasteiger partial charge in [-0.2, -0.15) is 8.42 Å². The Kier molecular flexibility index (Phi) is 8.59. The second-order valence-electron chi connectivity index (χ2n) is 7.30. The van der Waals surface area contributed by atoms with Crippen LogP contribution in [0.15, 0.2) is 41.3 Å². The van der Waals surface area contributed by atoms with Crippen LogP contribution in [0, 0.1) is 15.2 Å². The summed E-state index contributed by atoms with van der Waals surface area (Å²) in [5.74, 6) is -2.95. The number of carbonyl (C=O) groups excluding carboxylic acids is 1. The van der Waals surface area contributed by atoms with E-state index < -0.39 is 39.1 Å². The van der Waals surface area contributed by atoms with Gasteiger partial charge in [0.05, 0.1) is 18.4 Å². The highest BCUT2D eigenvalue weighted by Crippen LogP contribution is 2.25. The lowest BCUT2D eigenvalue weighted by atomic mass is 10.0. The zero-order valence-electron chi connectivity index (χ0n) is 19.1. The number of hydrogen-bond acceptors (Lipinski definition) is 7. The van der Waals surface area contributed by atoms with Crippen molar-refractivity contribution in [3.05, 3.63) is 78.8 Å². The van der Waals surface area contributed by atoms with Gasteiger partial charge in [0, 0.05) is 35.8 Å². The first kappa shape index (κ1) is 27.4. The average Bonchev–Trinajstić information content (AvgIpc) is 2.82. The van der Waals surface area contributed by atoms with E-state index in [-0.39, 0.29) is 34.6 Å². The lowest BCUT2D eigenvalue weighted by Crippen LogP contribution is -2.30. The molecule has 1 aromatic carbocycles. The Bertz CT molecular complexity index is 1480. The van der Waals surface area contributed by atoms with E-state index in [1.54, 1.807) is 6.07 Å². The van der Waals surface area contributed by atoms with E-state index in [9.17, 15) is 22.4 Å². The minimum atomic E-state index is -4.04. The average molecular weight is 634 g/mol. The molecule has 11 nitrogen and oxygen atoms in total. The smallest absolute Gasteiger partial charge is 0.300 e. The summed E-state index contributed by atoms with van der Waals surface area (Å²) < 4.78 is 58.6. The van der Waals surface area contributed by atoms with Crippen molar-refractivity contribution in [3.63, 3.8) is 0 Å². The zero-order chi connectivity index (χ0) is 26.6. The predicted molar refractivity (Wildman–Crippen MR) is 137 cm³/mol. The van der Waals surface area contributed by atoms with Crippen molar-refractivity contribution in [1.82, 2.24) is 19.8 Å². The number of rotatable bonds is 9. The number of benzene rings is 1. The minimum absolute atomic E-state index is 0.0000845. The van der Waals surface area contributed by atoms with Crippen LogP contribution in [-0.2, 0) is 28.5 Å². The molecule has 0 aliphatic carbocycles. The van der Waals surface area contributed by atoms with Gasteiger partial charge in [0.1, 0.15) is 11.6 Å². The number of amides is 1. The van der Waals surface area contributed by atoms with Crippen molar-refractivity contribution in [2.75, 3.05) is 24.2 Å². The molecule has 4 N–H and O–H groups in total. The quantitative estimate of drug-likeness (QED) is 0.209. The molecule has 0 fully saturated rings. The number of aromatic nitrogens is 2. The third-order valence-electron chi connectivity index (χ3n) is 4.96. The van der Waals surface area contributed by atoms with Crippen molar-refractivity contribution < 1.29 is 26.8 Å². The first-order valence-electron chi connectivity index (χ1n) is 10.1. The van der Waals surface area contributed by atoms with Crippen LogP contribution in [0.2, 0.25) is 0 Å². The molecule has 0 saturated heterocycles. The van der Waals surface area contributed by atoms with Gasteiger partial charge in [-0.1, -0.05) is 0 Å². The maximum atomic E-state index is 15.0. The van der Waals surface area contributed by atoms with Crippen molar-refractivity contribution in [2.24, 2.45) is 7.05 Å². The van der Waals surface area contributed by atoms with Crippen LogP contribution < -0.4 is 25.8 Å². The van der Waals surface area contributed by atoms with Crippen molar-refractivity contribution >= 4 is 56.0 Å². The summed E-state index contributed by atoms with van der Waals surface area (Å²) in [6.07, 6.45) is 0.866. The molecule has 0 bridgehead atoms. The molecular weight excluding hydrogens is 613 g/mol. The Morgan fingerprint density at radius 1 is 1.19 bits per heavy atom. The van der Waals surface area contributed by atoms with Gasteiger partial charge in [-0.3, -0.25) is 23.7 Å². The van der Waals surface area contributed by atoms with Gasteiger partial charge >= 0.3 is 0 Å². The number of hydroxylamine groups is 1. The second-order valence-corrected chi connectivity index (χ2v) is 10.2. The molecule has 15 heteroatoms. The molecule has 1 amide bonds. The van der Waals surface area contributed by atoms with Gasteiger partial charge in [-0.05, 0) is 58.5 Å². The van der Waals surface area contributed by atoms with Crippen molar-refractivity contribution in [2.45, 2.75) is 6.42 Å². The molecule has 2 aromatic heterocycles. The van der Waals surface area contributed by atoms with Crippen LogP contribution in [0.25, 0.3) is 0 Å². The highest BCUT2D eigenvalue weighted by Gasteiger charge is 2.22. The van der Waals surface area contributed by atoms with E-state index in [0.717, 1.165) is 11.6 Å². The van der Waals surface area contributed by atoms with Crippen LogP contribution in [-0.4, -0.2) is 38.0 Å². The lowest BCUT2D eigenvalue weighted by Gasteiger charge is -2.18. The molecule has 3 aromatic rings. The summed E-state index contributed by atoms with van der Waals surface area (Å²) in [6, 6.07) is 6.86. The Hall–Kier alpha value is -3.15. The fraction of sp³-hybridized carbons (Fsp3) is 0.190. The first-order chi connectivity index (χ1) is 17.0. The number of nitrogens with one attached hydrogen (secondary N) is 4. The molecule has 0 saturated carbocycles. The monoisotopic (exact) mass is 634 g/mol. The first-order valence-corrected chi connectivity index (χ1v) is 12.7. The normalized spacial score (nSPS) is 11.3. The summed E-state index contributed by atoms with van der Waals surface area (Å²) in [5, 5.41) is 2.76. The predicted octanol–water partition coefficient (Wildman–Crippen LogP) is 2.16. The maximum absolute atomic E-state index is 15.0. The summed E-state index contributed by atoms with van der Waals surface area (Å²) in [4.78, 5) is 34.2. The van der Waals surface area contributed by atoms with E-state index in [1.807, 2.05) is 32.0 Å². The SMILES string of the molecule is CNS(=O)(=O)Nc1nccc(Cc2cc(C(=O)NOC)c(Nc3ccc(I)cc3F)n(C)c2=O)c1F. The Labute approximate surface area is 218 Å². The number of carbonyl (C=O) groups is 1. The topological polar surface area (TPSA) is 143 Å². The molecule has 2 heterocycles. The van der Waals surface area contributed by atoms with E-state index in [0.29, 0.717) is 3.57 Å². The number of anilines is 3. The zero-order valence-corrected chi connectivity index (χ0v) is 22.1. The molecule has 0 unspecified atom stereocenters. The molecule has 0 spiro atoms.